The van der Waals surface area contributed by atoms with Crippen molar-refractivity contribution in [3.05, 3.63) is 77.0 Å². The minimum Gasteiger partial charge on any atom is -0.351 e. The number of hydrogen-bond donors (Lipinski definition) is 1. The van der Waals surface area contributed by atoms with Gasteiger partial charge in [0.15, 0.2) is 5.11 Å². The Balaban J connectivity index is 2.23. The minimum absolute atomic E-state index is 0.0420. The van der Waals surface area contributed by atoms with Crippen LogP contribution < -0.4 is 10.2 Å². The van der Waals surface area contributed by atoms with Gasteiger partial charge in [0.1, 0.15) is 0 Å². The van der Waals surface area contributed by atoms with Gasteiger partial charge >= 0.3 is 6.18 Å². The third kappa shape index (κ3) is 3.98. The number of carbonyl (C=O) groups excluding carboxylic acids is 1. The van der Waals surface area contributed by atoms with Crippen LogP contribution in [0.5, 0.6) is 0 Å². The summed E-state index contributed by atoms with van der Waals surface area (Å²) in [6.45, 7) is 1.69. The number of rotatable bonds is 3. The molecule has 0 saturated heterocycles. The highest BCUT2D eigenvalue weighted by Gasteiger charge is 2.40. The molecule has 1 aliphatic heterocycles. The molecule has 0 bridgehead atoms. The van der Waals surface area contributed by atoms with Gasteiger partial charge in [-0.15, -0.1) is 0 Å². The number of allylic oxidation sites excluding steroid dienone is 1. The number of likely N-dealkylation sites (N-methyl/N-ethyl adjacent to an activating group) is 1. The van der Waals surface area contributed by atoms with Crippen LogP contribution in [-0.2, 0) is 11.0 Å². The largest absolute Gasteiger partial charge is 0.416 e. The zero-order valence-corrected chi connectivity index (χ0v) is 16.9. The number of hydrogen-bond acceptors (Lipinski definition) is 2. The Kier molecular flexibility index (Phi) is 5.66. The maximum atomic E-state index is 13.6. The van der Waals surface area contributed by atoms with Crippen molar-refractivity contribution in [3.8, 4) is 0 Å². The highest BCUT2D eigenvalue weighted by atomic mass is 32.1. The molecule has 3 rings (SSSR count). The fraction of sp³-hybridized carbons (Fsp3) is 0.238. The predicted octanol–water partition coefficient (Wildman–Crippen LogP) is 4.50. The SMILES string of the molecule is CC1=C(C(=O)N(C)C)[C@H](c2ccccc2C(F)(F)F)NC(=S)N1c1ccccc1. The molecule has 1 aliphatic rings. The molecule has 1 heterocycles. The van der Waals surface area contributed by atoms with E-state index in [0.717, 1.165) is 6.07 Å². The molecule has 2 aromatic carbocycles. The van der Waals surface area contributed by atoms with Crippen LogP contribution in [0.1, 0.15) is 24.1 Å². The van der Waals surface area contributed by atoms with E-state index in [1.54, 1.807) is 25.9 Å². The molecule has 8 heteroatoms. The monoisotopic (exact) mass is 419 g/mol. The molecular formula is C21H20F3N3OS. The van der Waals surface area contributed by atoms with Gasteiger partial charge in [-0.1, -0.05) is 36.4 Å². The van der Waals surface area contributed by atoms with E-state index in [1.807, 2.05) is 30.3 Å². The van der Waals surface area contributed by atoms with Crippen LogP contribution in [-0.4, -0.2) is 30.0 Å². The number of carbonyl (C=O) groups is 1. The maximum Gasteiger partial charge on any atom is 0.416 e. The van der Waals surface area contributed by atoms with Crippen LogP contribution in [0.25, 0.3) is 0 Å². The van der Waals surface area contributed by atoms with E-state index >= 15 is 0 Å². The molecule has 29 heavy (non-hydrogen) atoms. The van der Waals surface area contributed by atoms with Gasteiger partial charge in [0, 0.05) is 25.5 Å². The number of halogens is 3. The lowest BCUT2D eigenvalue weighted by Crippen LogP contribution is -2.49. The minimum atomic E-state index is -4.56. The van der Waals surface area contributed by atoms with Crippen molar-refractivity contribution < 1.29 is 18.0 Å². The molecule has 1 atom stereocenters. The summed E-state index contributed by atoms with van der Waals surface area (Å²) in [5, 5.41) is 3.19. The molecule has 1 amide bonds. The molecule has 4 nitrogen and oxygen atoms in total. The first-order chi connectivity index (χ1) is 13.6. The van der Waals surface area contributed by atoms with Gasteiger partial charge in [-0.25, -0.2) is 0 Å². The van der Waals surface area contributed by atoms with E-state index in [2.05, 4.69) is 5.32 Å². The average molecular weight is 419 g/mol. The fourth-order valence-corrected chi connectivity index (χ4v) is 3.75. The molecule has 2 aromatic rings. The zero-order chi connectivity index (χ0) is 21.3. The van der Waals surface area contributed by atoms with E-state index in [0.29, 0.717) is 11.4 Å². The normalized spacial score (nSPS) is 17.2. The summed E-state index contributed by atoms with van der Waals surface area (Å²) >= 11 is 5.48. The van der Waals surface area contributed by atoms with Crippen LogP contribution in [0.4, 0.5) is 18.9 Å². The van der Waals surface area contributed by atoms with E-state index in [-0.39, 0.29) is 22.2 Å². The fourth-order valence-electron chi connectivity index (χ4n) is 3.39. The molecular weight excluding hydrogens is 399 g/mol. The third-order valence-electron chi connectivity index (χ3n) is 4.71. The Labute approximate surface area is 172 Å². The Bertz CT molecular complexity index is 971. The molecule has 152 valence electrons. The first-order valence-corrected chi connectivity index (χ1v) is 9.28. The summed E-state index contributed by atoms with van der Waals surface area (Å²) in [4.78, 5) is 16.0. The Hall–Kier alpha value is -2.87. The second-order valence-corrected chi connectivity index (χ2v) is 7.22. The van der Waals surface area contributed by atoms with Gasteiger partial charge in [-0.05, 0) is 42.9 Å². The second kappa shape index (κ2) is 7.87. The van der Waals surface area contributed by atoms with Gasteiger partial charge in [0.25, 0.3) is 5.91 Å². The van der Waals surface area contributed by atoms with Crippen molar-refractivity contribution in [2.75, 3.05) is 19.0 Å². The summed E-state index contributed by atoms with van der Waals surface area (Å²) < 4.78 is 40.9. The van der Waals surface area contributed by atoms with Crippen molar-refractivity contribution in [3.63, 3.8) is 0 Å². The molecule has 0 fully saturated rings. The summed E-state index contributed by atoms with van der Waals surface area (Å²) in [5.41, 5.74) is 0.573. The van der Waals surface area contributed by atoms with Crippen LogP contribution >= 0.6 is 12.2 Å². The lowest BCUT2D eigenvalue weighted by molar-refractivity contribution is -0.138. The summed E-state index contributed by atoms with van der Waals surface area (Å²) in [6, 6.07) is 13.3. The van der Waals surface area contributed by atoms with E-state index in [4.69, 9.17) is 12.2 Å². The molecule has 0 radical (unpaired) electrons. The van der Waals surface area contributed by atoms with E-state index in [1.165, 1.54) is 23.1 Å². The van der Waals surface area contributed by atoms with Gasteiger partial charge in [0.05, 0.1) is 17.2 Å². The van der Waals surface area contributed by atoms with Crippen molar-refractivity contribution >= 4 is 28.9 Å². The van der Waals surface area contributed by atoms with Gasteiger partial charge < -0.3 is 10.2 Å². The second-order valence-electron chi connectivity index (χ2n) is 6.84. The molecule has 0 spiro atoms. The maximum absolute atomic E-state index is 13.6. The predicted molar refractivity (Wildman–Crippen MR) is 110 cm³/mol. The molecule has 0 unspecified atom stereocenters. The number of anilines is 1. The molecule has 0 aromatic heterocycles. The van der Waals surface area contributed by atoms with Crippen LogP contribution in [0.2, 0.25) is 0 Å². The summed E-state index contributed by atoms with van der Waals surface area (Å²) in [5.74, 6) is -0.389. The zero-order valence-electron chi connectivity index (χ0n) is 16.1. The third-order valence-corrected chi connectivity index (χ3v) is 5.01. The summed E-state index contributed by atoms with van der Waals surface area (Å²) in [7, 11) is 3.13. The van der Waals surface area contributed by atoms with E-state index < -0.39 is 17.8 Å². The highest BCUT2D eigenvalue weighted by Crippen LogP contribution is 2.40. The number of nitrogens with zero attached hydrogens (tertiary/aromatic N) is 2. The molecule has 1 N–H and O–H groups in total. The lowest BCUT2D eigenvalue weighted by atomic mass is 9.90. The van der Waals surface area contributed by atoms with Crippen LogP contribution in [0, 0.1) is 0 Å². The molecule has 0 aliphatic carbocycles. The van der Waals surface area contributed by atoms with Crippen LogP contribution in [0.3, 0.4) is 0 Å². The topological polar surface area (TPSA) is 35.6 Å². The summed E-state index contributed by atoms with van der Waals surface area (Å²) in [6.07, 6.45) is -4.56. The Morgan fingerprint density at radius 3 is 2.24 bits per heavy atom. The standard InChI is InChI=1S/C21H20F3N3OS/c1-13-17(19(28)26(2)3)18(15-11-7-8-12-16(15)21(22,23)24)25-20(29)27(13)14-9-5-4-6-10-14/h4-12,18H,1-3H3,(H,25,29)/t18-/m0/s1. The molecule has 0 saturated carbocycles. The first-order valence-electron chi connectivity index (χ1n) is 8.87. The Morgan fingerprint density at radius 1 is 1.07 bits per heavy atom. The smallest absolute Gasteiger partial charge is 0.351 e. The van der Waals surface area contributed by atoms with Gasteiger partial charge in [-0.3, -0.25) is 9.69 Å². The van der Waals surface area contributed by atoms with Crippen molar-refractivity contribution in [2.45, 2.75) is 19.1 Å². The number of thiocarbonyl (C=S) groups is 1. The van der Waals surface area contributed by atoms with E-state index in [9.17, 15) is 18.0 Å². The van der Waals surface area contributed by atoms with Crippen molar-refractivity contribution in [1.82, 2.24) is 10.2 Å². The first kappa shape index (κ1) is 20.9. The van der Waals surface area contributed by atoms with Crippen LogP contribution in [0.15, 0.2) is 65.9 Å². The average Bonchev–Trinajstić information content (AvgIpc) is 2.67. The van der Waals surface area contributed by atoms with Crippen molar-refractivity contribution in [2.24, 2.45) is 0 Å². The van der Waals surface area contributed by atoms with Gasteiger partial charge in [-0.2, -0.15) is 13.2 Å². The van der Waals surface area contributed by atoms with Gasteiger partial charge in [0.2, 0.25) is 0 Å². The number of amides is 1. The van der Waals surface area contributed by atoms with Crippen molar-refractivity contribution in [1.29, 1.82) is 0 Å². The quantitative estimate of drug-likeness (QED) is 0.743. The number of nitrogens with one attached hydrogen (secondary N) is 1. The number of benzene rings is 2. The number of para-hydroxylation sites is 1. The Morgan fingerprint density at radius 2 is 1.66 bits per heavy atom. The lowest BCUT2D eigenvalue weighted by Gasteiger charge is -2.39. The number of alkyl halides is 3. The highest BCUT2D eigenvalue weighted by molar-refractivity contribution is 7.80.